The summed E-state index contributed by atoms with van der Waals surface area (Å²) < 4.78 is 0. The summed E-state index contributed by atoms with van der Waals surface area (Å²) in [5.74, 6) is 0.847. The van der Waals surface area contributed by atoms with Crippen LogP contribution < -0.4 is 0 Å². The van der Waals surface area contributed by atoms with Crippen molar-refractivity contribution in [2.75, 3.05) is 0 Å². The van der Waals surface area contributed by atoms with Crippen LogP contribution in [0.3, 0.4) is 0 Å². The molecular weight excluding hydrogens is 425 g/mol. The number of para-hydroxylation sites is 2. The summed E-state index contributed by atoms with van der Waals surface area (Å²) in [5, 5.41) is 0. The molecule has 0 aliphatic heterocycles. The number of aromatic nitrogens is 1. The second kappa shape index (κ2) is 11.2. The first-order chi connectivity index (χ1) is 14.4. The van der Waals surface area contributed by atoms with Crippen LogP contribution in [0.25, 0.3) is 0 Å². The van der Waals surface area contributed by atoms with Crippen LogP contribution in [0.5, 0.6) is 0 Å². The van der Waals surface area contributed by atoms with Crippen molar-refractivity contribution in [3.63, 3.8) is 0 Å². The molecule has 0 bridgehead atoms. The minimum Gasteiger partial charge on any atom is -0.251 e. The molecule has 3 rings (SSSR count). The van der Waals surface area contributed by atoms with Crippen LogP contribution in [0.1, 0.15) is 75.9 Å². The van der Waals surface area contributed by atoms with Gasteiger partial charge in [0.15, 0.2) is 0 Å². The van der Waals surface area contributed by atoms with E-state index in [-0.39, 0.29) is 16.8 Å². The van der Waals surface area contributed by atoms with Crippen LogP contribution in [0.15, 0.2) is 76.7 Å². The van der Waals surface area contributed by atoms with Crippen molar-refractivity contribution in [2.24, 2.45) is 9.98 Å². The molecule has 4 heteroatoms. The Balaban J connectivity index is 0.00000341. The minimum absolute atomic E-state index is 0. The van der Waals surface area contributed by atoms with Gasteiger partial charge in [-0.1, -0.05) is 70.2 Å². The zero-order valence-electron chi connectivity index (χ0n) is 19.2. The van der Waals surface area contributed by atoms with Gasteiger partial charge in [0.2, 0.25) is 0 Å². The van der Waals surface area contributed by atoms with E-state index in [1.165, 1.54) is 11.1 Å². The number of hydrogen-bond acceptors (Lipinski definition) is 3. The predicted molar refractivity (Wildman–Crippen MR) is 129 cm³/mol. The quantitative estimate of drug-likeness (QED) is 0.352. The Bertz CT molecular complexity index is 998. The average molecular weight is 456 g/mol. The second-order valence-electron chi connectivity index (χ2n) is 8.23. The van der Waals surface area contributed by atoms with E-state index in [0.717, 1.165) is 34.2 Å². The maximum atomic E-state index is 4.89. The van der Waals surface area contributed by atoms with Crippen LogP contribution in [0, 0.1) is 0 Å². The molecule has 161 valence electrons. The molecule has 0 saturated carbocycles. The molecule has 0 saturated heterocycles. The smallest absolute Gasteiger partial charge is 0.251 e. The molecule has 0 unspecified atom stereocenters. The number of hydrogen-bond donors (Lipinski definition) is 0. The van der Waals surface area contributed by atoms with E-state index in [9.17, 15) is 0 Å². The number of benzene rings is 2. The van der Waals surface area contributed by atoms with Crippen LogP contribution in [0.4, 0.5) is 11.4 Å². The van der Waals surface area contributed by atoms with E-state index in [2.05, 4.69) is 64.1 Å². The van der Waals surface area contributed by atoms with E-state index < -0.39 is 0 Å². The van der Waals surface area contributed by atoms with E-state index in [1.54, 1.807) is 0 Å². The maximum absolute atomic E-state index is 4.89. The summed E-state index contributed by atoms with van der Waals surface area (Å²) in [6.45, 7) is 12.8. The summed E-state index contributed by atoms with van der Waals surface area (Å²) in [4.78, 5) is 14.6. The minimum atomic E-state index is 0. The Kier molecular flexibility index (Phi) is 8.90. The number of rotatable bonds is 6. The SMILES string of the molecule is CC(=Nc1ccccc1C(C)C)c1cccc(C(C)=Nc2ccccc2C(C)C)n1.[Co+2]. The Hall–Kier alpha value is -2.56. The van der Waals surface area contributed by atoms with Crippen molar-refractivity contribution in [3.8, 4) is 0 Å². The van der Waals surface area contributed by atoms with Crippen molar-refractivity contribution in [3.05, 3.63) is 89.2 Å². The first kappa shape index (κ1) is 24.7. The maximum Gasteiger partial charge on any atom is 2.00 e. The fourth-order valence-corrected chi connectivity index (χ4v) is 3.47. The third-order valence-corrected chi connectivity index (χ3v) is 5.18. The summed E-state index contributed by atoms with van der Waals surface area (Å²) >= 11 is 0. The van der Waals surface area contributed by atoms with Gasteiger partial charge in [-0.25, -0.2) is 4.98 Å². The number of pyridine rings is 1. The Morgan fingerprint density at radius 3 is 1.39 bits per heavy atom. The van der Waals surface area contributed by atoms with Gasteiger partial charge in [-0.15, -0.1) is 0 Å². The molecule has 31 heavy (non-hydrogen) atoms. The molecule has 0 fully saturated rings. The van der Waals surface area contributed by atoms with Gasteiger partial charge in [0, 0.05) is 0 Å². The van der Waals surface area contributed by atoms with Crippen molar-refractivity contribution in [2.45, 2.75) is 53.4 Å². The third-order valence-electron chi connectivity index (χ3n) is 5.18. The van der Waals surface area contributed by atoms with Gasteiger partial charge >= 0.3 is 16.8 Å². The van der Waals surface area contributed by atoms with Crippen LogP contribution in [-0.2, 0) is 16.8 Å². The van der Waals surface area contributed by atoms with Gasteiger partial charge < -0.3 is 0 Å². The van der Waals surface area contributed by atoms with Crippen molar-refractivity contribution < 1.29 is 16.8 Å². The number of nitrogens with zero attached hydrogens (tertiary/aromatic N) is 3. The first-order valence-electron chi connectivity index (χ1n) is 10.6. The van der Waals surface area contributed by atoms with Crippen molar-refractivity contribution in [1.29, 1.82) is 0 Å². The van der Waals surface area contributed by atoms with Gasteiger partial charge in [0.05, 0.1) is 34.2 Å². The summed E-state index contributed by atoms with van der Waals surface area (Å²) in [7, 11) is 0. The van der Waals surface area contributed by atoms with E-state index >= 15 is 0 Å². The van der Waals surface area contributed by atoms with Crippen LogP contribution >= 0.6 is 0 Å². The van der Waals surface area contributed by atoms with Crippen molar-refractivity contribution in [1.82, 2.24) is 4.98 Å². The Morgan fingerprint density at radius 2 is 1.00 bits per heavy atom. The zero-order chi connectivity index (χ0) is 21.7. The molecule has 0 atom stereocenters. The molecule has 1 heterocycles. The summed E-state index contributed by atoms with van der Waals surface area (Å²) in [6.07, 6.45) is 0. The molecule has 0 N–H and O–H groups in total. The molecule has 0 amide bonds. The van der Waals surface area contributed by atoms with E-state index in [1.807, 2.05) is 44.2 Å². The molecule has 3 nitrogen and oxygen atoms in total. The monoisotopic (exact) mass is 456 g/mol. The topological polar surface area (TPSA) is 37.6 Å². The molecule has 1 radical (unpaired) electrons. The predicted octanol–water partition coefficient (Wildman–Crippen LogP) is 7.61. The number of aliphatic imine (C=N–C) groups is 2. The molecule has 3 aromatic rings. The average Bonchev–Trinajstić information content (AvgIpc) is 2.74. The van der Waals surface area contributed by atoms with Gasteiger partial charge in [-0.3, -0.25) is 9.98 Å². The van der Waals surface area contributed by atoms with Gasteiger partial charge in [0.1, 0.15) is 0 Å². The molecule has 0 aliphatic carbocycles. The zero-order valence-corrected chi connectivity index (χ0v) is 20.2. The Labute approximate surface area is 197 Å². The standard InChI is InChI=1S/C27H31N3.Co/c1-18(2)22-12-7-9-14-26(22)28-20(5)24-16-11-17-25(30-24)21(6)29-27-15-10-8-13-23(27)19(3)4;/h7-19H,1-6H3;/q;+2. The fourth-order valence-electron chi connectivity index (χ4n) is 3.47. The second-order valence-corrected chi connectivity index (χ2v) is 8.23. The third kappa shape index (κ3) is 6.22. The van der Waals surface area contributed by atoms with Crippen LogP contribution in [0.2, 0.25) is 0 Å². The Morgan fingerprint density at radius 1 is 0.613 bits per heavy atom. The van der Waals surface area contributed by atoms with Gasteiger partial charge in [-0.05, 0) is 61.1 Å². The summed E-state index contributed by atoms with van der Waals surface area (Å²) in [5.41, 5.74) is 8.06. The van der Waals surface area contributed by atoms with E-state index in [0.29, 0.717) is 11.8 Å². The molecule has 0 aliphatic rings. The molecular formula is C27H31CoN3+2. The van der Waals surface area contributed by atoms with Crippen LogP contribution in [-0.4, -0.2) is 16.4 Å². The van der Waals surface area contributed by atoms with Gasteiger partial charge in [-0.2, -0.15) is 0 Å². The molecule has 0 spiro atoms. The van der Waals surface area contributed by atoms with Crippen molar-refractivity contribution >= 4 is 22.8 Å². The fraction of sp³-hybridized carbons (Fsp3) is 0.296. The normalized spacial score (nSPS) is 12.3. The first-order valence-corrected chi connectivity index (χ1v) is 10.6. The van der Waals surface area contributed by atoms with Gasteiger partial charge in [0.25, 0.3) is 0 Å². The molecule has 2 aromatic carbocycles. The molecule has 1 aromatic heterocycles. The largest absolute Gasteiger partial charge is 2.00 e. The van der Waals surface area contributed by atoms with E-state index in [4.69, 9.17) is 15.0 Å². The summed E-state index contributed by atoms with van der Waals surface area (Å²) in [6, 6.07) is 22.7.